The molecule has 1 aromatic heterocycles. The maximum absolute atomic E-state index is 10.7. The van der Waals surface area contributed by atoms with Crippen molar-refractivity contribution in [3.8, 4) is 0 Å². The first kappa shape index (κ1) is 13.5. The van der Waals surface area contributed by atoms with Crippen LogP contribution < -0.4 is 5.32 Å². The number of carboxylic acid groups (broad SMARTS) is 1. The van der Waals surface area contributed by atoms with Crippen LogP contribution in [0.4, 0.5) is 0 Å². The summed E-state index contributed by atoms with van der Waals surface area (Å²) in [6.45, 7) is 1.73. The molecule has 3 N–H and O–H groups in total. The fraction of sp³-hybridized carbons (Fsp3) is 0.385. The molecule has 0 aliphatic rings. The van der Waals surface area contributed by atoms with Crippen molar-refractivity contribution in [2.45, 2.75) is 19.1 Å². The molecule has 0 aliphatic carbocycles. The number of carbonyl (C=O) groups is 1. The minimum Gasteiger partial charge on any atom is -0.480 e. The van der Waals surface area contributed by atoms with E-state index in [0.29, 0.717) is 0 Å². The first-order valence-electron chi connectivity index (χ1n) is 6.04. The number of aliphatic hydroxyl groups excluding tert-OH is 1. The van der Waals surface area contributed by atoms with Crippen molar-refractivity contribution < 1.29 is 15.0 Å². The van der Waals surface area contributed by atoms with Gasteiger partial charge in [-0.05, 0) is 24.6 Å². The highest BCUT2D eigenvalue weighted by molar-refractivity contribution is 5.76. The van der Waals surface area contributed by atoms with Crippen LogP contribution in [0.2, 0.25) is 0 Å². The van der Waals surface area contributed by atoms with Crippen molar-refractivity contribution in [1.29, 1.82) is 0 Å². The topological polar surface area (TPSA) is 87.4 Å². The lowest BCUT2D eigenvalue weighted by atomic mass is 10.1. The summed E-state index contributed by atoms with van der Waals surface area (Å²) < 4.78 is 1.90. The third-order valence-electron chi connectivity index (χ3n) is 3.12. The first-order chi connectivity index (χ1) is 8.99. The van der Waals surface area contributed by atoms with Gasteiger partial charge >= 0.3 is 5.97 Å². The van der Waals surface area contributed by atoms with Gasteiger partial charge in [0.1, 0.15) is 6.04 Å². The lowest BCUT2D eigenvalue weighted by Gasteiger charge is -2.14. The predicted molar refractivity (Wildman–Crippen MR) is 70.8 cm³/mol. The Labute approximate surface area is 110 Å². The molecule has 0 saturated heterocycles. The fourth-order valence-electron chi connectivity index (χ4n) is 1.85. The summed E-state index contributed by atoms with van der Waals surface area (Å²) in [5.74, 6) is -0.938. The Balaban J connectivity index is 2.08. The van der Waals surface area contributed by atoms with Gasteiger partial charge in [0.25, 0.3) is 0 Å². The number of hydrogen-bond acceptors (Lipinski definition) is 4. The van der Waals surface area contributed by atoms with E-state index in [1.165, 1.54) is 6.92 Å². The number of nitrogens with one attached hydrogen (secondary N) is 1. The summed E-state index contributed by atoms with van der Waals surface area (Å²) in [4.78, 5) is 14.9. The molecule has 0 radical (unpaired) electrons. The molecule has 2 rings (SSSR count). The summed E-state index contributed by atoms with van der Waals surface area (Å²) in [6, 6.07) is 4.84. The van der Waals surface area contributed by atoms with Gasteiger partial charge in [0.2, 0.25) is 0 Å². The molecule has 6 heteroatoms. The van der Waals surface area contributed by atoms with Gasteiger partial charge in [-0.1, -0.05) is 6.07 Å². The number of fused-ring (bicyclic) bond motifs is 1. The zero-order valence-corrected chi connectivity index (χ0v) is 10.9. The normalized spacial score (nSPS) is 14.5. The molecule has 0 fully saturated rings. The number of benzene rings is 1. The van der Waals surface area contributed by atoms with Gasteiger partial charge in [-0.15, -0.1) is 0 Å². The molecule has 2 unspecified atom stereocenters. The molecule has 102 valence electrons. The second-order valence-electron chi connectivity index (χ2n) is 4.59. The van der Waals surface area contributed by atoms with Crippen LogP contribution in [-0.4, -0.2) is 38.3 Å². The SMILES string of the molecule is CC(NCC(O)c1ccc2c(c1)ncn2C)C(=O)O. The van der Waals surface area contributed by atoms with E-state index in [0.717, 1.165) is 16.6 Å². The molecule has 0 spiro atoms. The van der Waals surface area contributed by atoms with Gasteiger partial charge in [-0.2, -0.15) is 0 Å². The Morgan fingerprint density at radius 1 is 1.53 bits per heavy atom. The minimum absolute atomic E-state index is 0.186. The summed E-state index contributed by atoms with van der Waals surface area (Å²) in [5.41, 5.74) is 2.52. The van der Waals surface area contributed by atoms with Crippen LogP contribution >= 0.6 is 0 Å². The Morgan fingerprint density at radius 2 is 2.26 bits per heavy atom. The van der Waals surface area contributed by atoms with Crippen LogP contribution in [0, 0.1) is 0 Å². The standard InChI is InChI=1S/C13H17N3O3/c1-8(13(18)19)14-6-12(17)9-3-4-11-10(5-9)15-7-16(11)2/h3-5,7-8,12,14,17H,6H2,1-2H3,(H,18,19). The van der Waals surface area contributed by atoms with E-state index < -0.39 is 18.1 Å². The molecule has 0 aliphatic heterocycles. The van der Waals surface area contributed by atoms with Crippen molar-refractivity contribution in [2.75, 3.05) is 6.54 Å². The number of aryl methyl sites for hydroxylation is 1. The molecule has 2 atom stereocenters. The van der Waals surface area contributed by atoms with E-state index >= 15 is 0 Å². The number of hydrogen-bond donors (Lipinski definition) is 3. The van der Waals surface area contributed by atoms with E-state index in [4.69, 9.17) is 5.11 Å². The average Bonchev–Trinajstić information content (AvgIpc) is 2.76. The smallest absolute Gasteiger partial charge is 0.320 e. The number of carboxylic acids is 1. The van der Waals surface area contributed by atoms with E-state index in [9.17, 15) is 9.90 Å². The number of aliphatic carboxylic acids is 1. The van der Waals surface area contributed by atoms with Gasteiger partial charge < -0.3 is 20.1 Å². The maximum Gasteiger partial charge on any atom is 0.320 e. The van der Waals surface area contributed by atoms with E-state index in [1.807, 2.05) is 29.8 Å². The zero-order chi connectivity index (χ0) is 14.0. The van der Waals surface area contributed by atoms with Crippen molar-refractivity contribution in [3.05, 3.63) is 30.1 Å². The van der Waals surface area contributed by atoms with Crippen molar-refractivity contribution in [2.24, 2.45) is 7.05 Å². The first-order valence-corrected chi connectivity index (χ1v) is 6.04. The maximum atomic E-state index is 10.7. The molecule has 0 amide bonds. The van der Waals surface area contributed by atoms with Crippen molar-refractivity contribution >= 4 is 17.0 Å². The molecular formula is C13H17N3O3. The van der Waals surface area contributed by atoms with Crippen molar-refractivity contribution in [1.82, 2.24) is 14.9 Å². The Kier molecular flexibility index (Phi) is 3.82. The highest BCUT2D eigenvalue weighted by atomic mass is 16.4. The molecule has 0 saturated carbocycles. The summed E-state index contributed by atoms with van der Waals surface area (Å²) >= 11 is 0. The molecule has 1 aromatic carbocycles. The van der Waals surface area contributed by atoms with Crippen LogP contribution in [0.25, 0.3) is 11.0 Å². The van der Waals surface area contributed by atoms with Crippen LogP contribution in [-0.2, 0) is 11.8 Å². The van der Waals surface area contributed by atoms with E-state index in [-0.39, 0.29) is 6.54 Å². The zero-order valence-electron chi connectivity index (χ0n) is 10.9. The fourth-order valence-corrected chi connectivity index (χ4v) is 1.85. The van der Waals surface area contributed by atoms with Crippen LogP contribution in [0.15, 0.2) is 24.5 Å². The van der Waals surface area contributed by atoms with Crippen molar-refractivity contribution in [3.63, 3.8) is 0 Å². The third kappa shape index (κ3) is 2.91. The van der Waals surface area contributed by atoms with Gasteiger partial charge in [0, 0.05) is 13.6 Å². The number of aliphatic hydroxyl groups is 1. The molecule has 2 aromatic rings. The van der Waals surface area contributed by atoms with Gasteiger partial charge in [-0.3, -0.25) is 4.79 Å². The van der Waals surface area contributed by atoms with Gasteiger partial charge in [-0.25, -0.2) is 4.98 Å². The Hall–Kier alpha value is -1.92. The van der Waals surface area contributed by atoms with Crippen LogP contribution in [0.1, 0.15) is 18.6 Å². The molecule has 1 heterocycles. The predicted octanol–water partition coefficient (Wildman–Crippen LogP) is 0.669. The molecular weight excluding hydrogens is 246 g/mol. The lowest BCUT2D eigenvalue weighted by molar-refractivity contribution is -0.139. The minimum atomic E-state index is -0.938. The summed E-state index contributed by atoms with van der Waals surface area (Å²) in [5, 5.41) is 21.5. The molecule has 0 bridgehead atoms. The third-order valence-corrected chi connectivity index (χ3v) is 3.12. The van der Waals surface area contributed by atoms with Gasteiger partial charge in [0.05, 0.1) is 23.5 Å². The average molecular weight is 263 g/mol. The number of imidazole rings is 1. The second kappa shape index (κ2) is 5.38. The van der Waals surface area contributed by atoms with Gasteiger partial charge in [0.15, 0.2) is 0 Å². The number of nitrogens with zero attached hydrogens (tertiary/aromatic N) is 2. The quantitative estimate of drug-likeness (QED) is 0.738. The van der Waals surface area contributed by atoms with Crippen LogP contribution in [0.5, 0.6) is 0 Å². The summed E-state index contributed by atoms with van der Waals surface area (Å²) in [7, 11) is 1.90. The van der Waals surface area contributed by atoms with E-state index in [2.05, 4.69) is 10.3 Å². The number of aromatic nitrogens is 2. The second-order valence-corrected chi connectivity index (χ2v) is 4.59. The van der Waals surface area contributed by atoms with Crippen LogP contribution in [0.3, 0.4) is 0 Å². The Morgan fingerprint density at radius 3 is 2.95 bits per heavy atom. The van der Waals surface area contributed by atoms with E-state index in [1.54, 1.807) is 6.33 Å². The summed E-state index contributed by atoms with van der Waals surface area (Å²) in [6.07, 6.45) is 0.958. The molecule has 19 heavy (non-hydrogen) atoms. The highest BCUT2D eigenvalue weighted by Gasteiger charge is 2.14. The molecule has 6 nitrogen and oxygen atoms in total. The number of rotatable bonds is 5. The largest absolute Gasteiger partial charge is 0.480 e. The monoisotopic (exact) mass is 263 g/mol. The Bertz CT molecular complexity index is 594. The lowest BCUT2D eigenvalue weighted by Crippen LogP contribution is -2.36. The highest BCUT2D eigenvalue weighted by Crippen LogP contribution is 2.18.